The van der Waals surface area contributed by atoms with Gasteiger partial charge in [-0.05, 0) is 35.3 Å². The molecule has 0 aliphatic heterocycles. The number of carbonyl (C=O) groups is 1. The molecule has 0 radical (unpaired) electrons. The van der Waals surface area contributed by atoms with E-state index in [-0.39, 0.29) is 37.2 Å². The van der Waals surface area contributed by atoms with E-state index < -0.39 is 0 Å². The predicted molar refractivity (Wildman–Crippen MR) is 179 cm³/mol. The number of nitrogen functional groups attached to an aromatic ring is 1. The lowest BCUT2D eigenvalue weighted by molar-refractivity contribution is -0.118. The summed E-state index contributed by atoms with van der Waals surface area (Å²) in [5, 5.41) is 5.37. The van der Waals surface area contributed by atoms with Crippen LogP contribution in [0.5, 0.6) is 0 Å². The topological polar surface area (TPSA) is 117 Å². The molecule has 43 heavy (non-hydrogen) atoms. The van der Waals surface area contributed by atoms with Gasteiger partial charge in [0.05, 0.1) is 23.8 Å². The van der Waals surface area contributed by atoms with Crippen LogP contribution < -0.4 is 11.1 Å². The number of hydrogen-bond donors (Lipinski definition) is 2. The van der Waals surface area contributed by atoms with E-state index in [1.165, 1.54) is 6.20 Å². The van der Waals surface area contributed by atoms with Gasteiger partial charge in [-0.1, -0.05) is 65.1 Å². The Bertz CT molecular complexity index is 1890. The Labute approximate surface area is 261 Å². The van der Waals surface area contributed by atoms with E-state index in [4.69, 9.17) is 28.9 Å². The number of carbonyl (C=O) groups excluding carboxylic acids is 1. The molecule has 0 saturated carbocycles. The molecule has 9 nitrogen and oxygen atoms in total. The number of amides is 1. The molecule has 0 saturated heterocycles. The number of nitrogens with zero attached hydrogens (tertiary/aromatic N) is 6. The zero-order valence-electron chi connectivity index (χ0n) is 22.9. The third-order valence-electron chi connectivity index (χ3n) is 6.63. The standard InChI is InChI=1S/C17H17ClN4O.C13H11ClN4.2CH4/c1-10(2)16(23)20-13-8-19-17(18)21-15(13)12-9-22(3)14-7-5-4-6-11(12)14;1-18-7-9(8-4-2-3-5-11(8)18)12-10(15)6-16-13(14)17-12;;/h4-10H,1-3H3,(H,20,23);2-7H,15H2,1H3;2*1H4. The molecule has 11 heteroatoms. The minimum absolute atomic E-state index is 0. The van der Waals surface area contributed by atoms with Gasteiger partial charge in [-0.3, -0.25) is 4.79 Å². The Morgan fingerprint density at radius 3 is 1.79 bits per heavy atom. The van der Waals surface area contributed by atoms with Crippen LogP contribution in [0.3, 0.4) is 0 Å². The Kier molecular flexibility index (Phi) is 10.5. The molecule has 2 aromatic carbocycles. The maximum atomic E-state index is 12.0. The zero-order valence-corrected chi connectivity index (χ0v) is 24.4. The van der Waals surface area contributed by atoms with E-state index in [9.17, 15) is 4.79 Å². The highest BCUT2D eigenvalue weighted by Gasteiger charge is 2.18. The average Bonchev–Trinajstić information content (AvgIpc) is 3.48. The van der Waals surface area contributed by atoms with E-state index in [1.54, 1.807) is 6.20 Å². The summed E-state index contributed by atoms with van der Waals surface area (Å²) < 4.78 is 4.06. The lowest BCUT2D eigenvalue weighted by Gasteiger charge is -2.11. The fourth-order valence-electron chi connectivity index (χ4n) is 4.58. The molecule has 1 amide bonds. The molecule has 0 bridgehead atoms. The zero-order chi connectivity index (χ0) is 29.3. The Morgan fingerprint density at radius 1 is 0.791 bits per heavy atom. The van der Waals surface area contributed by atoms with Gasteiger partial charge in [-0.25, -0.2) is 19.9 Å². The van der Waals surface area contributed by atoms with Gasteiger partial charge >= 0.3 is 0 Å². The molecule has 0 atom stereocenters. The molecule has 0 unspecified atom stereocenters. The summed E-state index contributed by atoms with van der Waals surface area (Å²) in [6.45, 7) is 3.67. The average molecular weight is 620 g/mol. The number of aromatic nitrogens is 6. The van der Waals surface area contributed by atoms with Crippen molar-refractivity contribution in [1.29, 1.82) is 0 Å². The Morgan fingerprint density at radius 2 is 1.26 bits per heavy atom. The van der Waals surface area contributed by atoms with Gasteiger partial charge in [-0.2, -0.15) is 0 Å². The largest absolute Gasteiger partial charge is 0.396 e. The molecule has 0 spiro atoms. The van der Waals surface area contributed by atoms with Crippen LogP contribution in [0.25, 0.3) is 44.3 Å². The van der Waals surface area contributed by atoms with E-state index in [0.29, 0.717) is 22.8 Å². The van der Waals surface area contributed by atoms with Crippen molar-refractivity contribution in [2.24, 2.45) is 20.0 Å². The second kappa shape index (κ2) is 13.7. The second-order valence-electron chi connectivity index (χ2n) is 9.83. The van der Waals surface area contributed by atoms with Crippen molar-refractivity contribution >= 4 is 62.3 Å². The van der Waals surface area contributed by atoms with E-state index in [2.05, 4.69) is 31.3 Å². The first-order valence-corrected chi connectivity index (χ1v) is 13.6. The number of hydrogen-bond acceptors (Lipinski definition) is 6. The smallest absolute Gasteiger partial charge is 0.227 e. The van der Waals surface area contributed by atoms with Crippen LogP contribution in [-0.2, 0) is 18.9 Å². The SMILES string of the molecule is C.C.CC(C)C(=O)Nc1cnc(Cl)nc1-c1cn(C)c2ccccc12.Cn1cc(-c2nc(Cl)ncc2N)c2ccccc21. The molecular weight excluding hydrogens is 583 g/mol. The lowest BCUT2D eigenvalue weighted by atomic mass is 10.1. The van der Waals surface area contributed by atoms with Crippen LogP contribution in [0.15, 0.2) is 73.3 Å². The number of para-hydroxylation sites is 2. The molecule has 4 heterocycles. The number of anilines is 2. The number of fused-ring (bicyclic) bond motifs is 2. The lowest BCUT2D eigenvalue weighted by Crippen LogP contribution is -2.18. The summed E-state index contributed by atoms with van der Waals surface area (Å²) >= 11 is 11.8. The van der Waals surface area contributed by atoms with E-state index >= 15 is 0 Å². The quantitative estimate of drug-likeness (QED) is 0.193. The van der Waals surface area contributed by atoms with Crippen molar-refractivity contribution < 1.29 is 4.79 Å². The van der Waals surface area contributed by atoms with Crippen molar-refractivity contribution in [3.63, 3.8) is 0 Å². The molecule has 0 fully saturated rings. The minimum atomic E-state index is -0.133. The van der Waals surface area contributed by atoms with Crippen LogP contribution in [0, 0.1) is 5.92 Å². The maximum absolute atomic E-state index is 12.0. The molecule has 6 rings (SSSR count). The second-order valence-corrected chi connectivity index (χ2v) is 10.5. The summed E-state index contributed by atoms with van der Waals surface area (Å²) in [7, 11) is 3.96. The molecule has 3 N–H and O–H groups in total. The number of aryl methyl sites for hydroxylation is 2. The fourth-order valence-corrected chi connectivity index (χ4v) is 4.85. The molecule has 4 aromatic heterocycles. The first-order chi connectivity index (χ1) is 19.6. The van der Waals surface area contributed by atoms with Crippen LogP contribution in [0.2, 0.25) is 10.6 Å². The Hall–Kier alpha value is -4.47. The minimum Gasteiger partial charge on any atom is -0.396 e. The number of halogens is 2. The first-order valence-electron chi connectivity index (χ1n) is 12.8. The molecule has 224 valence electrons. The third-order valence-corrected chi connectivity index (χ3v) is 7.00. The van der Waals surface area contributed by atoms with E-state index in [1.807, 2.05) is 91.9 Å². The van der Waals surface area contributed by atoms with Crippen LogP contribution in [0.1, 0.15) is 28.7 Å². The van der Waals surface area contributed by atoms with Gasteiger partial charge in [0.2, 0.25) is 16.5 Å². The highest BCUT2D eigenvalue weighted by Crippen LogP contribution is 2.34. The Balaban J connectivity index is 0.000000231. The van der Waals surface area contributed by atoms with Crippen molar-refractivity contribution in [3.05, 3.63) is 83.9 Å². The van der Waals surface area contributed by atoms with Crippen LogP contribution in [0.4, 0.5) is 11.4 Å². The summed E-state index contributed by atoms with van der Waals surface area (Å²) in [6, 6.07) is 16.1. The number of nitrogens with two attached hydrogens (primary N) is 1. The monoisotopic (exact) mass is 618 g/mol. The van der Waals surface area contributed by atoms with Crippen molar-refractivity contribution in [2.75, 3.05) is 11.1 Å². The third kappa shape index (κ3) is 6.79. The van der Waals surface area contributed by atoms with Gasteiger partial charge in [0.25, 0.3) is 0 Å². The van der Waals surface area contributed by atoms with E-state index in [0.717, 1.165) is 32.9 Å². The molecule has 0 aliphatic carbocycles. The fraction of sp³-hybridized carbons (Fsp3) is 0.219. The molecular formula is C32H36Cl2N8O. The van der Waals surface area contributed by atoms with Gasteiger partial charge < -0.3 is 20.2 Å². The van der Waals surface area contributed by atoms with Gasteiger partial charge in [0, 0.05) is 65.3 Å². The molecule has 6 aromatic rings. The van der Waals surface area contributed by atoms with Crippen LogP contribution in [-0.4, -0.2) is 35.0 Å². The van der Waals surface area contributed by atoms with Crippen molar-refractivity contribution in [3.8, 4) is 22.5 Å². The maximum Gasteiger partial charge on any atom is 0.227 e. The molecule has 0 aliphatic rings. The van der Waals surface area contributed by atoms with Gasteiger partial charge in [-0.15, -0.1) is 0 Å². The first kappa shape index (κ1) is 33.0. The highest BCUT2D eigenvalue weighted by atomic mass is 35.5. The summed E-state index contributed by atoms with van der Waals surface area (Å²) in [6.07, 6.45) is 7.06. The van der Waals surface area contributed by atoms with Crippen molar-refractivity contribution in [1.82, 2.24) is 29.1 Å². The number of benzene rings is 2. The summed E-state index contributed by atoms with van der Waals surface area (Å²) in [5.74, 6) is -0.219. The predicted octanol–water partition coefficient (Wildman–Crippen LogP) is 8.03. The van der Waals surface area contributed by atoms with Crippen molar-refractivity contribution in [2.45, 2.75) is 28.7 Å². The summed E-state index contributed by atoms with van der Waals surface area (Å²) in [4.78, 5) is 28.5. The normalized spacial score (nSPS) is 10.6. The van der Waals surface area contributed by atoms with Crippen LogP contribution >= 0.6 is 23.2 Å². The highest BCUT2D eigenvalue weighted by molar-refractivity contribution is 6.28. The van der Waals surface area contributed by atoms with Gasteiger partial charge in [0.15, 0.2) is 0 Å². The van der Waals surface area contributed by atoms with Gasteiger partial charge in [0.1, 0.15) is 11.4 Å². The number of nitrogens with one attached hydrogen (secondary N) is 1. The summed E-state index contributed by atoms with van der Waals surface area (Å²) in [5.41, 5.74) is 12.4. The number of rotatable bonds is 4.